The van der Waals surface area contributed by atoms with Crippen molar-refractivity contribution in [3.05, 3.63) is 31.3 Å². The summed E-state index contributed by atoms with van der Waals surface area (Å²) in [5, 5.41) is 0.363. The smallest absolute Gasteiger partial charge is 0.337 e. The Hall–Kier alpha value is -2.10. The first-order chi connectivity index (χ1) is 14.1. The van der Waals surface area contributed by atoms with Crippen LogP contribution < -0.4 is 11.2 Å². The molecule has 0 saturated carbocycles. The highest BCUT2D eigenvalue weighted by Crippen LogP contribution is 2.32. The number of aromatic nitrogens is 2. The molecule has 166 valence electrons. The summed E-state index contributed by atoms with van der Waals surface area (Å²) in [4.78, 5) is 41.1. The molecular formula is C20H26F3N3O3S. The monoisotopic (exact) mass is 445 g/mol. The molecule has 1 aliphatic heterocycles. The van der Waals surface area contributed by atoms with Gasteiger partial charge in [-0.25, -0.2) is 4.79 Å². The molecule has 0 aliphatic carbocycles. The maximum Gasteiger partial charge on any atom is 0.389 e. The number of carbonyl (C=O) groups excluding carboxylic acids is 1. The van der Waals surface area contributed by atoms with Gasteiger partial charge in [0, 0.05) is 36.9 Å². The van der Waals surface area contributed by atoms with Crippen molar-refractivity contribution >= 4 is 27.5 Å². The number of nitrogens with zero attached hydrogens (tertiary/aromatic N) is 3. The first-order valence-electron chi connectivity index (χ1n) is 10.2. The summed E-state index contributed by atoms with van der Waals surface area (Å²) >= 11 is 1.23. The normalized spacial score (nSPS) is 17.5. The lowest BCUT2D eigenvalue weighted by Gasteiger charge is -2.15. The van der Waals surface area contributed by atoms with E-state index < -0.39 is 23.8 Å². The number of rotatable bonds is 7. The lowest BCUT2D eigenvalue weighted by Crippen LogP contribution is -2.39. The summed E-state index contributed by atoms with van der Waals surface area (Å²) in [6, 6.07) is 0. The number of alkyl halides is 3. The fourth-order valence-corrected chi connectivity index (χ4v) is 5.35. The Balaban J connectivity index is 2.04. The highest BCUT2D eigenvalue weighted by Gasteiger charge is 2.31. The Kier molecular flexibility index (Phi) is 6.45. The summed E-state index contributed by atoms with van der Waals surface area (Å²) < 4.78 is 40.1. The zero-order valence-corrected chi connectivity index (χ0v) is 18.2. The molecule has 0 aromatic carbocycles. The van der Waals surface area contributed by atoms with Gasteiger partial charge >= 0.3 is 11.9 Å². The minimum absolute atomic E-state index is 0.0116. The summed E-state index contributed by atoms with van der Waals surface area (Å²) in [5.74, 6) is 0.0976. The average molecular weight is 446 g/mol. The molecule has 1 aliphatic rings. The number of hydrogen-bond acceptors (Lipinski definition) is 4. The number of fused-ring (bicyclic) bond motifs is 1. The zero-order valence-electron chi connectivity index (χ0n) is 17.3. The molecule has 3 heterocycles. The van der Waals surface area contributed by atoms with Crippen LogP contribution in [0.1, 0.15) is 50.0 Å². The van der Waals surface area contributed by atoms with Gasteiger partial charge in [0.2, 0.25) is 5.91 Å². The van der Waals surface area contributed by atoms with Gasteiger partial charge in [0.05, 0.1) is 11.9 Å². The van der Waals surface area contributed by atoms with E-state index in [4.69, 9.17) is 0 Å². The molecule has 0 spiro atoms. The highest BCUT2D eigenvalue weighted by atomic mass is 32.1. The number of amides is 1. The van der Waals surface area contributed by atoms with Gasteiger partial charge in [0.25, 0.3) is 5.56 Å². The molecule has 3 rings (SSSR count). The maximum absolute atomic E-state index is 12.9. The molecule has 6 nitrogen and oxygen atoms in total. The van der Waals surface area contributed by atoms with Gasteiger partial charge in [0.15, 0.2) is 0 Å². The van der Waals surface area contributed by atoms with Crippen LogP contribution in [0.25, 0.3) is 10.2 Å². The van der Waals surface area contributed by atoms with Crippen LogP contribution in [0.5, 0.6) is 0 Å². The Morgan fingerprint density at radius 3 is 2.40 bits per heavy atom. The second-order valence-electron chi connectivity index (χ2n) is 7.69. The lowest BCUT2D eigenvalue weighted by atomic mass is 10.1. The number of likely N-dealkylation sites (tertiary alicyclic amines) is 1. The molecule has 0 N–H and O–H groups in total. The Bertz CT molecular complexity index is 1070. The minimum atomic E-state index is -4.30. The largest absolute Gasteiger partial charge is 0.389 e. The molecule has 2 aromatic rings. The molecular weight excluding hydrogens is 419 g/mol. The van der Waals surface area contributed by atoms with Crippen LogP contribution in [0.3, 0.4) is 0 Å². The molecule has 1 unspecified atom stereocenters. The van der Waals surface area contributed by atoms with E-state index in [0.717, 1.165) is 22.3 Å². The second-order valence-corrected chi connectivity index (χ2v) is 8.77. The minimum Gasteiger partial charge on any atom is -0.337 e. The fraction of sp³-hybridized carbons (Fsp3) is 0.650. The topological polar surface area (TPSA) is 64.3 Å². The van der Waals surface area contributed by atoms with Gasteiger partial charge in [-0.15, -0.1) is 11.3 Å². The van der Waals surface area contributed by atoms with Gasteiger partial charge in [-0.05, 0) is 38.7 Å². The number of carbonyl (C=O) groups is 1. The SMILES string of the molecule is CCC1CCN(Cc2sc3c(c2C)c(=O)n(CC)c(=O)n3CCCC(F)(F)F)C1=O. The first-order valence-corrected chi connectivity index (χ1v) is 11.0. The third-order valence-corrected chi connectivity index (χ3v) is 7.09. The van der Waals surface area contributed by atoms with E-state index in [-0.39, 0.29) is 31.3 Å². The van der Waals surface area contributed by atoms with Crippen LogP contribution in [-0.4, -0.2) is 32.7 Å². The van der Waals surface area contributed by atoms with Crippen LogP contribution >= 0.6 is 11.3 Å². The van der Waals surface area contributed by atoms with Crippen molar-refractivity contribution in [3.63, 3.8) is 0 Å². The van der Waals surface area contributed by atoms with Gasteiger partial charge in [0.1, 0.15) is 4.83 Å². The number of hydrogen-bond donors (Lipinski definition) is 0. The Morgan fingerprint density at radius 2 is 1.83 bits per heavy atom. The van der Waals surface area contributed by atoms with E-state index in [2.05, 4.69) is 0 Å². The molecule has 2 aromatic heterocycles. The van der Waals surface area contributed by atoms with Crippen molar-refractivity contribution < 1.29 is 18.0 Å². The summed E-state index contributed by atoms with van der Waals surface area (Å²) in [7, 11) is 0. The zero-order chi connectivity index (χ0) is 22.2. The van der Waals surface area contributed by atoms with Crippen molar-refractivity contribution in [3.8, 4) is 0 Å². The molecule has 1 atom stereocenters. The predicted octanol–water partition coefficient (Wildman–Crippen LogP) is 3.65. The first kappa shape index (κ1) is 22.6. The van der Waals surface area contributed by atoms with Crippen LogP contribution in [0, 0.1) is 12.8 Å². The van der Waals surface area contributed by atoms with Crippen molar-refractivity contribution in [2.45, 2.75) is 72.3 Å². The second kappa shape index (κ2) is 8.56. The molecule has 1 fully saturated rings. The Labute approximate surface area is 175 Å². The van der Waals surface area contributed by atoms with Crippen molar-refractivity contribution in [1.82, 2.24) is 14.0 Å². The van der Waals surface area contributed by atoms with Crippen molar-refractivity contribution in [1.29, 1.82) is 0 Å². The predicted molar refractivity (Wildman–Crippen MR) is 110 cm³/mol. The standard InChI is InChI=1S/C20H26F3N3O3S/c1-4-13-7-10-24(16(13)27)11-14-12(3)15-17(28)25(5-2)19(29)26(18(15)30-14)9-6-8-20(21,22)23/h13H,4-11H2,1-3H3. The average Bonchev–Trinajstić information content (AvgIpc) is 3.18. The van der Waals surface area contributed by atoms with Crippen LogP contribution in [0.4, 0.5) is 13.2 Å². The van der Waals surface area contributed by atoms with E-state index in [9.17, 15) is 27.6 Å². The van der Waals surface area contributed by atoms with E-state index in [1.807, 2.05) is 6.92 Å². The lowest BCUT2D eigenvalue weighted by molar-refractivity contribution is -0.136. The van der Waals surface area contributed by atoms with Crippen molar-refractivity contribution in [2.24, 2.45) is 5.92 Å². The summed E-state index contributed by atoms with van der Waals surface area (Å²) in [6.07, 6.45) is -3.96. The van der Waals surface area contributed by atoms with E-state index in [1.165, 1.54) is 15.9 Å². The van der Waals surface area contributed by atoms with E-state index in [1.54, 1.807) is 18.7 Å². The maximum atomic E-state index is 12.9. The Morgan fingerprint density at radius 1 is 1.13 bits per heavy atom. The summed E-state index contributed by atoms with van der Waals surface area (Å²) in [6.45, 7) is 6.42. The van der Waals surface area contributed by atoms with Gasteiger partial charge in [-0.1, -0.05) is 6.92 Å². The third-order valence-electron chi connectivity index (χ3n) is 5.79. The third kappa shape index (κ3) is 4.19. The molecule has 1 amide bonds. The fourth-order valence-electron chi connectivity index (χ4n) is 4.02. The van der Waals surface area contributed by atoms with Gasteiger partial charge in [-0.3, -0.25) is 18.7 Å². The number of thiophene rings is 1. The number of halogens is 3. The van der Waals surface area contributed by atoms with E-state index >= 15 is 0 Å². The van der Waals surface area contributed by atoms with Crippen LogP contribution in [0.2, 0.25) is 0 Å². The molecule has 0 bridgehead atoms. The number of aryl methyl sites for hydroxylation is 2. The molecule has 10 heteroatoms. The van der Waals surface area contributed by atoms with E-state index in [0.29, 0.717) is 28.9 Å². The quantitative estimate of drug-likeness (QED) is 0.654. The van der Waals surface area contributed by atoms with Crippen LogP contribution in [0.15, 0.2) is 9.59 Å². The molecule has 30 heavy (non-hydrogen) atoms. The summed E-state index contributed by atoms with van der Waals surface area (Å²) in [5.41, 5.74) is -0.323. The van der Waals surface area contributed by atoms with Gasteiger partial charge < -0.3 is 4.90 Å². The van der Waals surface area contributed by atoms with Crippen LogP contribution in [-0.2, 0) is 24.4 Å². The highest BCUT2D eigenvalue weighted by molar-refractivity contribution is 7.18. The molecule has 0 radical (unpaired) electrons. The van der Waals surface area contributed by atoms with Gasteiger partial charge in [-0.2, -0.15) is 13.2 Å². The molecule has 1 saturated heterocycles. The van der Waals surface area contributed by atoms with Crippen molar-refractivity contribution in [2.75, 3.05) is 6.54 Å².